The Hall–Kier alpha value is -2.52. The van der Waals surface area contributed by atoms with E-state index in [1.807, 2.05) is 25.1 Å². The topological polar surface area (TPSA) is 115 Å². The molecular weight excluding hydrogens is 524 g/mol. The van der Waals surface area contributed by atoms with Crippen molar-refractivity contribution in [2.45, 2.75) is 105 Å². The highest BCUT2D eigenvalue weighted by molar-refractivity contribution is 5.78. The van der Waals surface area contributed by atoms with Crippen molar-refractivity contribution in [3.05, 3.63) is 23.8 Å². The number of hydrogen-bond donors (Lipinski definition) is 3. The van der Waals surface area contributed by atoms with Gasteiger partial charge in [0, 0.05) is 19.1 Å². The number of methoxy groups -OCH3 is 1. The number of aliphatic hydroxyl groups is 1. The predicted octanol–water partition coefficient (Wildman–Crippen LogP) is 5.51. The van der Waals surface area contributed by atoms with E-state index < -0.39 is 29.8 Å². The van der Waals surface area contributed by atoms with Crippen LogP contribution in [0.2, 0.25) is 0 Å². The van der Waals surface area contributed by atoms with Gasteiger partial charge in [-0.25, -0.2) is 4.79 Å². The Kier molecular flexibility index (Phi) is 16.8. The molecule has 0 aliphatic rings. The number of hydrogen-bond acceptors (Lipinski definition) is 7. The van der Waals surface area contributed by atoms with Gasteiger partial charge in [-0.15, -0.1) is 0 Å². The van der Waals surface area contributed by atoms with Gasteiger partial charge in [-0.3, -0.25) is 4.79 Å². The van der Waals surface area contributed by atoms with E-state index in [9.17, 15) is 14.7 Å². The Morgan fingerprint density at radius 3 is 2.32 bits per heavy atom. The lowest BCUT2D eigenvalue weighted by Crippen LogP contribution is -2.48. The van der Waals surface area contributed by atoms with Crippen LogP contribution in [0.3, 0.4) is 0 Å². The van der Waals surface area contributed by atoms with E-state index in [-0.39, 0.29) is 24.2 Å². The van der Waals surface area contributed by atoms with Crippen molar-refractivity contribution in [1.29, 1.82) is 0 Å². The number of ether oxygens (including phenoxy) is 4. The quantitative estimate of drug-likeness (QED) is 0.185. The van der Waals surface area contributed by atoms with E-state index in [2.05, 4.69) is 31.4 Å². The molecule has 0 saturated heterocycles. The number of alkyl carbamates (subject to hydrolysis) is 1. The zero-order valence-electron chi connectivity index (χ0n) is 26.9. The Balaban J connectivity index is 3.10. The van der Waals surface area contributed by atoms with E-state index in [0.717, 1.165) is 18.4 Å². The van der Waals surface area contributed by atoms with Crippen molar-refractivity contribution in [1.82, 2.24) is 10.6 Å². The first kappa shape index (κ1) is 36.5. The van der Waals surface area contributed by atoms with Crippen LogP contribution in [0, 0.1) is 17.8 Å². The normalized spacial score (nSPS) is 14.6. The SMILES string of the molecule is CCCCNC(=O)[C@H](C)C[C@H](O)[C@H](C[C@H](Cc1ccc(OC)c(OCCOCC)c1)C(C)C)NC(=O)OC(C)(C)C. The number of unbranched alkanes of at least 4 members (excludes halogenated alkanes) is 1. The second-order valence-corrected chi connectivity index (χ2v) is 12.1. The molecule has 0 aromatic heterocycles. The number of nitrogens with one attached hydrogen (secondary N) is 2. The van der Waals surface area contributed by atoms with Gasteiger partial charge in [0.1, 0.15) is 12.2 Å². The Labute approximate surface area is 248 Å². The Morgan fingerprint density at radius 2 is 1.73 bits per heavy atom. The number of amides is 2. The molecule has 0 unspecified atom stereocenters. The smallest absolute Gasteiger partial charge is 0.407 e. The monoisotopic (exact) mass is 580 g/mol. The molecular formula is C32H56N2O7. The van der Waals surface area contributed by atoms with Crippen molar-refractivity contribution in [3.63, 3.8) is 0 Å². The number of benzene rings is 1. The average Bonchev–Trinajstić information content (AvgIpc) is 2.89. The predicted molar refractivity (Wildman–Crippen MR) is 162 cm³/mol. The first-order chi connectivity index (χ1) is 19.3. The first-order valence-electron chi connectivity index (χ1n) is 15.1. The van der Waals surface area contributed by atoms with Gasteiger partial charge in [0.25, 0.3) is 0 Å². The summed E-state index contributed by atoms with van der Waals surface area (Å²) in [5.41, 5.74) is 0.385. The fourth-order valence-corrected chi connectivity index (χ4v) is 4.50. The molecule has 9 nitrogen and oxygen atoms in total. The maximum Gasteiger partial charge on any atom is 0.407 e. The van der Waals surface area contributed by atoms with Crippen molar-refractivity contribution in [3.8, 4) is 11.5 Å². The van der Waals surface area contributed by atoms with E-state index in [0.29, 0.717) is 50.7 Å². The maximum atomic E-state index is 12.8. The molecule has 41 heavy (non-hydrogen) atoms. The zero-order valence-corrected chi connectivity index (χ0v) is 26.9. The zero-order chi connectivity index (χ0) is 31.0. The highest BCUT2D eigenvalue weighted by Gasteiger charge is 2.31. The van der Waals surface area contributed by atoms with E-state index >= 15 is 0 Å². The van der Waals surface area contributed by atoms with Crippen molar-refractivity contribution in [2.75, 3.05) is 33.5 Å². The van der Waals surface area contributed by atoms with Crippen molar-refractivity contribution < 1.29 is 33.6 Å². The van der Waals surface area contributed by atoms with Crippen LogP contribution in [0.1, 0.15) is 86.6 Å². The summed E-state index contributed by atoms with van der Waals surface area (Å²) < 4.78 is 22.3. The summed E-state index contributed by atoms with van der Waals surface area (Å²) in [6, 6.07) is 5.30. The number of aliphatic hydroxyl groups excluding tert-OH is 1. The molecule has 0 radical (unpaired) electrons. The largest absolute Gasteiger partial charge is 0.493 e. The molecule has 236 valence electrons. The van der Waals surface area contributed by atoms with Gasteiger partial charge in [-0.05, 0) is 82.9 Å². The van der Waals surface area contributed by atoms with Gasteiger partial charge in [0.05, 0.1) is 25.9 Å². The summed E-state index contributed by atoms with van der Waals surface area (Å²) in [7, 11) is 1.61. The van der Waals surface area contributed by atoms with Crippen LogP contribution in [0.5, 0.6) is 11.5 Å². The van der Waals surface area contributed by atoms with Crippen LogP contribution >= 0.6 is 0 Å². The minimum Gasteiger partial charge on any atom is -0.493 e. The van der Waals surface area contributed by atoms with E-state index in [1.54, 1.807) is 34.8 Å². The van der Waals surface area contributed by atoms with Gasteiger partial charge >= 0.3 is 6.09 Å². The molecule has 0 spiro atoms. The number of rotatable bonds is 19. The summed E-state index contributed by atoms with van der Waals surface area (Å²) in [6.45, 7) is 17.6. The fraction of sp³-hybridized carbons (Fsp3) is 0.750. The minimum atomic E-state index is -0.927. The lowest BCUT2D eigenvalue weighted by molar-refractivity contribution is -0.125. The molecule has 4 atom stereocenters. The third-order valence-corrected chi connectivity index (χ3v) is 6.95. The first-order valence-corrected chi connectivity index (χ1v) is 15.1. The summed E-state index contributed by atoms with van der Waals surface area (Å²) in [5, 5.41) is 17.1. The molecule has 2 amide bonds. The summed E-state index contributed by atoms with van der Waals surface area (Å²) in [4.78, 5) is 25.4. The summed E-state index contributed by atoms with van der Waals surface area (Å²) >= 11 is 0. The molecule has 3 N–H and O–H groups in total. The van der Waals surface area contributed by atoms with Gasteiger partial charge in [-0.1, -0.05) is 40.2 Å². The lowest BCUT2D eigenvalue weighted by Gasteiger charge is -2.32. The number of carbonyl (C=O) groups is 2. The van der Waals surface area contributed by atoms with Crippen LogP contribution in [0.4, 0.5) is 4.79 Å². The minimum absolute atomic E-state index is 0.0935. The Morgan fingerprint density at radius 1 is 1.02 bits per heavy atom. The molecule has 0 aliphatic carbocycles. The molecule has 0 bridgehead atoms. The van der Waals surface area contributed by atoms with E-state index in [4.69, 9.17) is 18.9 Å². The van der Waals surface area contributed by atoms with Crippen molar-refractivity contribution in [2.24, 2.45) is 17.8 Å². The van der Waals surface area contributed by atoms with Crippen LogP contribution in [-0.4, -0.2) is 68.3 Å². The van der Waals surface area contributed by atoms with Crippen LogP contribution in [-0.2, 0) is 20.7 Å². The summed E-state index contributed by atoms with van der Waals surface area (Å²) in [5.74, 6) is 1.17. The van der Waals surface area contributed by atoms with Crippen molar-refractivity contribution >= 4 is 12.0 Å². The molecule has 0 aliphatic heterocycles. The molecule has 1 aromatic rings. The third kappa shape index (κ3) is 14.8. The van der Waals surface area contributed by atoms with Crippen LogP contribution in [0.25, 0.3) is 0 Å². The van der Waals surface area contributed by atoms with E-state index in [1.165, 1.54) is 0 Å². The molecule has 0 fully saturated rings. The van der Waals surface area contributed by atoms with Gasteiger partial charge in [-0.2, -0.15) is 0 Å². The molecule has 0 heterocycles. The van der Waals surface area contributed by atoms with Gasteiger partial charge in [0.2, 0.25) is 5.91 Å². The summed E-state index contributed by atoms with van der Waals surface area (Å²) in [6.07, 6.45) is 1.83. The fourth-order valence-electron chi connectivity index (χ4n) is 4.50. The molecule has 1 aromatic carbocycles. The third-order valence-electron chi connectivity index (χ3n) is 6.95. The highest BCUT2D eigenvalue weighted by atomic mass is 16.6. The maximum absolute atomic E-state index is 12.8. The van der Waals surface area contributed by atoms with Crippen LogP contribution in [0.15, 0.2) is 18.2 Å². The highest BCUT2D eigenvalue weighted by Crippen LogP contribution is 2.31. The van der Waals surface area contributed by atoms with Gasteiger partial charge in [0.15, 0.2) is 11.5 Å². The lowest BCUT2D eigenvalue weighted by atomic mass is 9.82. The van der Waals surface area contributed by atoms with Gasteiger partial charge < -0.3 is 34.7 Å². The Bertz CT molecular complexity index is 901. The molecule has 1 rings (SSSR count). The standard InChI is InChI=1S/C32H56N2O7/c1-10-12-15-33-30(36)23(5)18-27(35)26(34-31(37)41-32(6,7)8)21-25(22(3)4)19-24-13-14-28(38-9)29(20-24)40-17-16-39-11-2/h13-14,20,22-23,25-27,35H,10-12,15-19,21H2,1-9H3,(H,33,36)(H,34,37)/t23-,25+,26+,27+/m1/s1. The molecule has 0 saturated carbocycles. The number of carbonyl (C=O) groups excluding carboxylic acids is 2. The molecule has 9 heteroatoms. The van der Waals surface area contributed by atoms with Crippen LogP contribution < -0.4 is 20.1 Å². The second-order valence-electron chi connectivity index (χ2n) is 12.1. The average molecular weight is 581 g/mol. The second kappa shape index (κ2) is 18.8.